The number of hydrogen-bond acceptors (Lipinski definition) is 6. The molecule has 7 nitrogen and oxygen atoms in total. The highest BCUT2D eigenvalue weighted by Gasteiger charge is 2.39. The van der Waals surface area contributed by atoms with Crippen LogP contribution in [0.15, 0.2) is 76.7 Å². The van der Waals surface area contributed by atoms with E-state index in [2.05, 4.69) is 30.4 Å². The van der Waals surface area contributed by atoms with Crippen LogP contribution in [0.2, 0.25) is 0 Å². The van der Waals surface area contributed by atoms with Crippen molar-refractivity contribution in [3.05, 3.63) is 71.7 Å². The number of aliphatic hydroxyl groups is 1. The number of nitrogens with two attached hydrogens (primary N) is 3. The number of allylic oxidation sites excluding steroid dienone is 4. The van der Waals surface area contributed by atoms with Crippen LogP contribution < -0.4 is 22.5 Å². The Kier molecular flexibility index (Phi) is 22.9. The number of alkyl halides is 3. The van der Waals surface area contributed by atoms with Crippen molar-refractivity contribution in [2.24, 2.45) is 33.5 Å². The van der Waals surface area contributed by atoms with Gasteiger partial charge in [0.05, 0.1) is 17.3 Å². The fraction of sp³-hybridized carbons (Fsp3) is 0.548. The predicted octanol–water partition coefficient (Wildman–Crippen LogP) is 7.41. The summed E-state index contributed by atoms with van der Waals surface area (Å²) in [5.41, 5.74) is 16.0. The molecule has 2 unspecified atom stereocenters. The second kappa shape index (κ2) is 22.3. The average Bonchev–Trinajstić information content (AvgIpc) is 3.71. The minimum absolute atomic E-state index is 0.0266. The SMILES string of the molecule is C=CC(=O)N=C/C(=C\C(=C(/C)N)C(C)N/C(=C/C=C(\N)F)C(C)C(=C)O)C(F)(F)F.CC.CC.CCC1(CCN)CC1. The standard InChI is InChI=1S/C20H26F4N4O2.C7H15N.2C2H6/c1-6-19(30)27-10-15(20(22,23)24)9-16(12(3)25)13(4)28-17(7-8-18(21)26)11(2)14(5)29;1-2-7(3-4-7)5-6-8;2*1-2/h6-11,13,28-29H,1,5,25-26H2,2-4H3;2-6,8H2,1H3;2*1-2H3/b15-9+,16-12-,17-7+,18-8-,27-10?;;;. The second-order valence-electron chi connectivity index (χ2n) is 9.18. The van der Waals surface area contributed by atoms with E-state index in [9.17, 15) is 27.5 Å². The Labute approximate surface area is 250 Å². The summed E-state index contributed by atoms with van der Waals surface area (Å²) in [6.07, 6.45) is 4.66. The maximum absolute atomic E-state index is 13.4. The first-order valence-electron chi connectivity index (χ1n) is 14.2. The topological polar surface area (TPSA) is 140 Å². The van der Waals surface area contributed by atoms with Crippen molar-refractivity contribution in [2.45, 2.75) is 93.3 Å². The summed E-state index contributed by atoms with van der Waals surface area (Å²) < 4.78 is 53.0. The lowest BCUT2D eigenvalue weighted by Crippen LogP contribution is -2.32. The highest BCUT2D eigenvalue weighted by Crippen LogP contribution is 2.51. The molecule has 1 aliphatic carbocycles. The summed E-state index contributed by atoms with van der Waals surface area (Å²) in [7, 11) is 0. The lowest BCUT2D eigenvalue weighted by molar-refractivity contribution is -0.113. The smallest absolute Gasteiger partial charge is 0.417 e. The van der Waals surface area contributed by atoms with Crippen molar-refractivity contribution in [2.75, 3.05) is 6.54 Å². The van der Waals surface area contributed by atoms with Gasteiger partial charge < -0.3 is 27.6 Å². The van der Waals surface area contributed by atoms with Crippen molar-refractivity contribution in [1.29, 1.82) is 0 Å². The fourth-order valence-electron chi connectivity index (χ4n) is 3.38. The monoisotopic (exact) mass is 603 g/mol. The molecular formula is C31H53F4N5O2. The zero-order valence-corrected chi connectivity index (χ0v) is 26.5. The molecule has 0 heterocycles. The van der Waals surface area contributed by atoms with Gasteiger partial charge in [0.1, 0.15) is 0 Å². The van der Waals surface area contributed by atoms with Crippen molar-refractivity contribution in [3.8, 4) is 0 Å². The molecule has 0 saturated heterocycles. The molecule has 1 rings (SSSR count). The number of carbonyl (C=O) groups is 1. The van der Waals surface area contributed by atoms with Crippen molar-refractivity contribution < 1.29 is 27.5 Å². The van der Waals surface area contributed by atoms with Gasteiger partial charge in [-0.2, -0.15) is 17.6 Å². The van der Waals surface area contributed by atoms with Crippen LogP contribution in [0.25, 0.3) is 0 Å². The lowest BCUT2D eigenvalue weighted by Gasteiger charge is -2.24. The Morgan fingerprint density at radius 2 is 1.67 bits per heavy atom. The Morgan fingerprint density at radius 1 is 1.14 bits per heavy atom. The van der Waals surface area contributed by atoms with Crippen molar-refractivity contribution in [3.63, 3.8) is 0 Å². The predicted molar refractivity (Wildman–Crippen MR) is 168 cm³/mol. The van der Waals surface area contributed by atoms with Crippen LogP contribution in [-0.4, -0.2) is 36.0 Å². The molecule has 11 heteroatoms. The number of halogens is 4. The third kappa shape index (κ3) is 18.2. The molecule has 0 aromatic heterocycles. The number of carbonyl (C=O) groups excluding carboxylic acids is 1. The van der Waals surface area contributed by atoms with E-state index in [1.54, 1.807) is 6.92 Å². The molecule has 1 aliphatic rings. The lowest BCUT2D eigenvalue weighted by atomic mass is 10.00. The third-order valence-corrected chi connectivity index (χ3v) is 6.22. The summed E-state index contributed by atoms with van der Waals surface area (Å²) in [5, 5.41) is 12.5. The zero-order valence-electron chi connectivity index (χ0n) is 26.5. The normalized spacial score (nSPS) is 16.6. The number of aliphatic hydroxyl groups excluding tert-OH is 1. The molecule has 242 valence electrons. The molecule has 2 atom stereocenters. The van der Waals surface area contributed by atoms with Crippen molar-refractivity contribution >= 4 is 12.1 Å². The first kappa shape index (κ1) is 43.1. The van der Waals surface area contributed by atoms with E-state index < -0.39 is 35.6 Å². The molecule has 0 aromatic rings. The van der Waals surface area contributed by atoms with Crippen LogP contribution in [0.3, 0.4) is 0 Å². The first-order chi connectivity index (χ1) is 19.5. The zero-order chi connectivity index (χ0) is 33.7. The van der Waals surface area contributed by atoms with Gasteiger partial charge in [0.2, 0.25) is 0 Å². The van der Waals surface area contributed by atoms with Crippen LogP contribution in [0.1, 0.15) is 81.1 Å². The Hall–Kier alpha value is -3.34. The fourth-order valence-corrected chi connectivity index (χ4v) is 3.38. The molecule has 0 spiro atoms. The Balaban J connectivity index is -0.00000105. The third-order valence-electron chi connectivity index (χ3n) is 6.22. The highest BCUT2D eigenvalue weighted by molar-refractivity contribution is 5.97. The molecule has 1 fully saturated rings. The van der Waals surface area contributed by atoms with E-state index in [0.29, 0.717) is 6.21 Å². The number of rotatable bonds is 12. The Bertz CT molecular complexity index is 984. The molecule has 42 heavy (non-hydrogen) atoms. The summed E-state index contributed by atoms with van der Waals surface area (Å²) >= 11 is 0. The number of nitrogens with zero attached hydrogens (tertiary/aromatic N) is 1. The van der Waals surface area contributed by atoms with Crippen LogP contribution in [0.5, 0.6) is 0 Å². The van der Waals surface area contributed by atoms with Gasteiger partial charge in [0, 0.05) is 23.7 Å². The van der Waals surface area contributed by atoms with E-state index >= 15 is 0 Å². The molecule has 0 aromatic carbocycles. The summed E-state index contributed by atoms with van der Waals surface area (Å²) in [6.45, 7) is 22.1. The van der Waals surface area contributed by atoms with E-state index in [0.717, 1.165) is 30.2 Å². The van der Waals surface area contributed by atoms with E-state index in [1.807, 2.05) is 27.7 Å². The largest absolute Gasteiger partial charge is 0.512 e. The Morgan fingerprint density at radius 3 is 1.98 bits per heavy atom. The number of hydrogen-bond donors (Lipinski definition) is 5. The van der Waals surface area contributed by atoms with E-state index in [1.165, 1.54) is 45.6 Å². The van der Waals surface area contributed by atoms with Gasteiger partial charge in [-0.3, -0.25) is 4.79 Å². The second-order valence-corrected chi connectivity index (χ2v) is 9.18. The van der Waals surface area contributed by atoms with Gasteiger partial charge in [-0.1, -0.05) is 54.2 Å². The molecular weight excluding hydrogens is 550 g/mol. The van der Waals surface area contributed by atoms with Gasteiger partial charge in [0.15, 0.2) is 5.95 Å². The number of aliphatic imine (C=N–C) groups is 1. The van der Waals surface area contributed by atoms with Crippen LogP contribution in [-0.2, 0) is 4.79 Å². The van der Waals surface area contributed by atoms with Crippen molar-refractivity contribution in [1.82, 2.24) is 5.32 Å². The molecule has 1 amide bonds. The van der Waals surface area contributed by atoms with Crippen LogP contribution >= 0.6 is 0 Å². The van der Waals surface area contributed by atoms with Gasteiger partial charge in [0.25, 0.3) is 5.91 Å². The molecule has 8 N–H and O–H groups in total. The molecule has 0 aliphatic heterocycles. The number of amides is 1. The van der Waals surface area contributed by atoms with Gasteiger partial charge in [-0.25, -0.2) is 4.99 Å². The van der Waals surface area contributed by atoms with E-state index in [-0.39, 0.29) is 22.7 Å². The first-order valence-corrected chi connectivity index (χ1v) is 14.2. The maximum atomic E-state index is 13.4. The minimum atomic E-state index is -4.82. The highest BCUT2D eigenvalue weighted by atomic mass is 19.4. The number of nitrogens with one attached hydrogen (secondary N) is 1. The summed E-state index contributed by atoms with van der Waals surface area (Å²) in [6, 6.07) is -0.821. The van der Waals surface area contributed by atoms with Gasteiger partial charge in [-0.15, -0.1) is 0 Å². The summed E-state index contributed by atoms with van der Waals surface area (Å²) in [5.74, 6) is -2.92. The minimum Gasteiger partial charge on any atom is -0.512 e. The molecule has 0 radical (unpaired) electrons. The van der Waals surface area contributed by atoms with Crippen LogP contribution in [0, 0.1) is 11.3 Å². The summed E-state index contributed by atoms with van der Waals surface area (Å²) in [4.78, 5) is 14.3. The van der Waals surface area contributed by atoms with Gasteiger partial charge in [-0.05, 0) is 81.9 Å². The molecule has 1 saturated carbocycles. The van der Waals surface area contributed by atoms with Crippen LogP contribution in [0.4, 0.5) is 17.6 Å². The van der Waals surface area contributed by atoms with Gasteiger partial charge >= 0.3 is 6.18 Å². The quantitative estimate of drug-likeness (QED) is 0.0393. The maximum Gasteiger partial charge on any atom is 0.417 e. The molecule has 0 bridgehead atoms. The average molecular weight is 604 g/mol. The van der Waals surface area contributed by atoms with E-state index in [4.69, 9.17) is 17.2 Å².